The van der Waals surface area contributed by atoms with E-state index in [0.717, 1.165) is 23.1 Å². The molecule has 1 fully saturated rings. The zero-order valence-electron chi connectivity index (χ0n) is 11.5. The Kier molecular flexibility index (Phi) is 3.02. The Labute approximate surface area is 121 Å². The van der Waals surface area contributed by atoms with Crippen molar-refractivity contribution in [1.82, 2.24) is 9.97 Å². The molecule has 1 saturated carbocycles. The van der Waals surface area contributed by atoms with E-state index in [-0.39, 0.29) is 5.56 Å². The van der Waals surface area contributed by atoms with Gasteiger partial charge in [-0.05, 0) is 44.1 Å². The molecule has 0 spiro atoms. The number of rotatable bonds is 2. The largest absolute Gasteiger partial charge is 0.353 e. The lowest BCUT2D eigenvalue weighted by atomic mass is 9.97. The zero-order valence-corrected chi connectivity index (χ0v) is 12.3. The van der Waals surface area contributed by atoms with E-state index in [1.54, 1.807) is 11.3 Å². The average molecular weight is 289 g/mol. The summed E-state index contributed by atoms with van der Waals surface area (Å²) in [5.41, 5.74) is 1.30. The van der Waals surface area contributed by atoms with E-state index in [2.05, 4.69) is 15.3 Å². The molecule has 0 amide bonds. The van der Waals surface area contributed by atoms with E-state index in [1.165, 1.54) is 49.0 Å². The lowest BCUT2D eigenvalue weighted by Gasteiger charge is -2.12. The van der Waals surface area contributed by atoms with Gasteiger partial charge in [0.2, 0.25) is 5.95 Å². The first-order valence-corrected chi connectivity index (χ1v) is 8.44. The van der Waals surface area contributed by atoms with Crippen molar-refractivity contribution in [2.45, 2.75) is 57.4 Å². The maximum absolute atomic E-state index is 12.4. The highest BCUT2D eigenvalue weighted by molar-refractivity contribution is 7.18. The fourth-order valence-corrected chi connectivity index (χ4v) is 4.76. The Bertz CT molecular complexity index is 697. The molecule has 0 unspecified atom stereocenters. The summed E-state index contributed by atoms with van der Waals surface area (Å²) in [6.45, 7) is 0. The molecule has 5 heteroatoms. The summed E-state index contributed by atoms with van der Waals surface area (Å²) in [5.74, 6) is 0.660. The number of aromatic amines is 1. The van der Waals surface area contributed by atoms with E-state index in [1.807, 2.05) is 0 Å². The van der Waals surface area contributed by atoms with Crippen molar-refractivity contribution in [3.8, 4) is 0 Å². The molecule has 0 bridgehead atoms. The second kappa shape index (κ2) is 4.88. The molecule has 0 saturated heterocycles. The fraction of sp³-hybridized carbons (Fsp3) is 0.600. The van der Waals surface area contributed by atoms with Crippen LogP contribution in [0, 0.1) is 0 Å². The highest BCUT2D eigenvalue weighted by Crippen LogP contribution is 2.34. The van der Waals surface area contributed by atoms with Gasteiger partial charge in [-0.3, -0.25) is 9.78 Å². The summed E-state index contributed by atoms with van der Waals surface area (Å²) < 4.78 is 0. The molecular weight excluding hydrogens is 270 g/mol. The molecule has 0 atom stereocenters. The van der Waals surface area contributed by atoms with Gasteiger partial charge < -0.3 is 5.32 Å². The summed E-state index contributed by atoms with van der Waals surface area (Å²) in [6.07, 6.45) is 9.50. The van der Waals surface area contributed by atoms with Crippen molar-refractivity contribution in [3.05, 3.63) is 20.8 Å². The molecule has 2 aliphatic carbocycles. The highest BCUT2D eigenvalue weighted by Gasteiger charge is 2.21. The maximum Gasteiger partial charge on any atom is 0.261 e. The predicted molar refractivity (Wildman–Crippen MR) is 82.8 cm³/mol. The second-order valence-corrected chi connectivity index (χ2v) is 7.01. The topological polar surface area (TPSA) is 57.8 Å². The van der Waals surface area contributed by atoms with Crippen LogP contribution in [0.25, 0.3) is 10.2 Å². The van der Waals surface area contributed by atoms with E-state index in [0.29, 0.717) is 12.0 Å². The Balaban J connectivity index is 1.76. The van der Waals surface area contributed by atoms with Crippen LogP contribution in [-0.4, -0.2) is 16.0 Å². The minimum Gasteiger partial charge on any atom is -0.353 e. The van der Waals surface area contributed by atoms with Gasteiger partial charge in [-0.2, -0.15) is 0 Å². The minimum absolute atomic E-state index is 0.0369. The third-order valence-corrected chi connectivity index (χ3v) is 5.71. The van der Waals surface area contributed by atoms with E-state index in [4.69, 9.17) is 0 Å². The van der Waals surface area contributed by atoms with Gasteiger partial charge >= 0.3 is 0 Å². The predicted octanol–water partition coefficient (Wildman–Crippen LogP) is 3.22. The van der Waals surface area contributed by atoms with Gasteiger partial charge in [0, 0.05) is 10.9 Å². The van der Waals surface area contributed by atoms with Crippen LogP contribution in [0.3, 0.4) is 0 Å². The summed E-state index contributed by atoms with van der Waals surface area (Å²) in [4.78, 5) is 22.3. The molecule has 4 nitrogen and oxygen atoms in total. The molecule has 2 aliphatic rings. The summed E-state index contributed by atoms with van der Waals surface area (Å²) in [7, 11) is 0. The molecule has 0 aliphatic heterocycles. The first-order valence-electron chi connectivity index (χ1n) is 7.62. The van der Waals surface area contributed by atoms with Gasteiger partial charge in [0.25, 0.3) is 5.56 Å². The summed E-state index contributed by atoms with van der Waals surface area (Å²) in [5, 5.41) is 4.24. The van der Waals surface area contributed by atoms with Gasteiger partial charge in [0.1, 0.15) is 4.83 Å². The van der Waals surface area contributed by atoms with Crippen molar-refractivity contribution >= 4 is 27.5 Å². The quantitative estimate of drug-likeness (QED) is 0.892. The van der Waals surface area contributed by atoms with Crippen LogP contribution in [0.5, 0.6) is 0 Å². The smallest absolute Gasteiger partial charge is 0.261 e. The van der Waals surface area contributed by atoms with Crippen molar-refractivity contribution in [3.63, 3.8) is 0 Å². The number of thiophene rings is 1. The molecule has 0 aromatic carbocycles. The molecule has 2 N–H and O–H groups in total. The number of nitrogens with one attached hydrogen (secondary N) is 2. The Morgan fingerprint density at radius 3 is 2.80 bits per heavy atom. The molecule has 20 heavy (non-hydrogen) atoms. The van der Waals surface area contributed by atoms with E-state index in [9.17, 15) is 4.79 Å². The van der Waals surface area contributed by atoms with Gasteiger partial charge in [0.15, 0.2) is 0 Å². The van der Waals surface area contributed by atoms with Crippen molar-refractivity contribution in [1.29, 1.82) is 0 Å². The molecule has 2 heterocycles. The molecular formula is C15H19N3OS. The normalized spacial score (nSPS) is 19.4. The monoisotopic (exact) mass is 289 g/mol. The van der Waals surface area contributed by atoms with Gasteiger partial charge in [-0.15, -0.1) is 11.3 Å². The van der Waals surface area contributed by atoms with Gasteiger partial charge in [-0.25, -0.2) is 4.98 Å². The molecule has 2 aromatic rings. The second-order valence-electron chi connectivity index (χ2n) is 5.93. The van der Waals surface area contributed by atoms with E-state index >= 15 is 0 Å². The minimum atomic E-state index is 0.0369. The number of fused-ring (bicyclic) bond motifs is 3. The van der Waals surface area contributed by atoms with Crippen LogP contribution in [0.4, 0.5) is 5.95 Å². The first kappa shape index (κ1) is 12.4. The molecule has 2 aromatic heterocycles. The van der Waals surface area contributed by atoms with Crippen molar-refractivity contribution < 1.29 is 0 Å². The van der Waals surface area contributed by atoms with Crippen molar-refractivity contribution in [2.24, 2.45) is 0 Å². The molecule has 4 rings (SSSR count). The number of nitrogens with zero attached hydrogens (tertiary/aromatic N) is 1. The van der Waals surface area contributed by atoms with Gasteiger partial charge in [0.05, 0.1) is 5.39 Å². The third-order valence-electron chi connectivity index (χ3n) is 4.52. The number of H-pyrrole nitrogens is 1. The van der Waals surface area contributed by atoms with Crippen LogP contribution >= 0.6 is 11.3 Å². The highest BCUT2D eigenvalue weighted by atomic mass is 32.1. The number of hydrogen-bond acceptors (Lipinski definition) is 4. The summed E-state index contributed by atoms with van der Waals surface area (Å²) >= 11 is 1.71. The lowest BCUT2D eigenvalue weighted by Crippen LogP contribution is -2.20. The Morgan fingerprint density at radius 2 is 1.95 bits per heavy atom. The van der Waals surface area contributed by atoms with Crippen LogP contribution in [0.15, 0.2) is 4.79 Å². The standard InChI is InChI=1S/C15H19N3OS/c19-13-12-10-7-3-4-8-11(10)20-14(12)18-15(17-13)16-9-5-1-2-6-9/h9H,1-8H2,(H2,16,17,18,19). The number of aromatic nitrogens is 2. The lowest BCUT2D eigenvalue weighted by molar-refractivity contribution is 0.700. The third kappa shape index (κ3) is 2.04. The Hall–Kier alpha value is -1.36. The van der Waals surface area contributed by atoms with Crippen LogP contribution < -0.4 is 10.9 Å². The van der Waals surface area contributed by atoms with Gasteiger partial charge in [-0.1, -0.05) is 12.8 Å². The van der Waals surface area contributed by atoms with Crippen LogP contribution in [-0.2, 0) is 12.8 Å². The molecule has 106 valence electrons. The average Bonchev–Trinajstić information content (AvgIpc) is 3.05. The van der Waals surface area contributed by atoms with Crippen LogP contribution in [0.1, 0.15) is 49.0 Å². The maximum atomic E-state index is 12.4. The zero-order chi connectivity index (χ0) is 13.5. The first-order chi connectivity index (χ1) is 9.81. The van der Waals surface area contributed by atoms with Crippen molar-refractivity contribution in [2.75, 3.05) is 5.32 Å². The summed E-state index contributed by atoms with van der Waals surface area (Å²) in [6, 6.07) is 0.477. The number of anilines is 1. The van der Waals surface area contributed by atoms with Crippen LogP contribution in [0.2, 0.25) is 0 Å². The van der Waals surface area contributed by atoms with E-state index < -0.39 is 0 Å². The molecule has 0 radical (unpaired) electrons. The Morgan fingerprint density at radius 1 is 1.15 bits per heavy atom. The fourth-order valence-electron chi connectivity index (χ4n) is 3.50. The number of hydrogen-bond donors (Lipinski definition) is 2. The SMILES string of the molecule is O=c1[nH]c(NC2CCCC2)nc2sc3c(c12)CCCC3. The number of aryl methyl sites for hydroxylation is 2.